The Hall–Kier alpha value is -2.95. The molecule has 162 valence electrons. The van der Waals surface area contributed by atoms with E-state index in [9.17, 15) is 9.90 Å². The third-order valence-electron chi connectivity index (χ3n) is 4.52. The van der Waals surface area contributed by atoms with Crippen LogP contribution in [0.3, 0.4) is 0 Å². The van der Waals surface area contributed by atoms with Gasteiger partial charge in [0.1, 0.15) is 17.9 Å². The molecule has 1 heterocycles. The number of fused-ring (bicyclic) bond motifs is 1. The molecule has 1 N–H and O–H groups in total. The van der Waals surface area contributed by atoms with Crippen LogP contribution in [-0.4, -0.2) is 18.3 Å². The zero-order valence-corrected chi connectivity index (χ0v) is 18.4. The largest absolute Gasteiger partial charge is 0.504 e. The molecule has 0 radical (unpaired) electrons. The van der Waals surface area contributed by atoms with Gasteiger partial charge in [-0.2, -0.15) is 0 Å². The first-order valence-electron chi connectivity index (χ1n) is 10.4. The standard InChI is InChI=1S/C25H32O5/c1-5-6-7-8-15-28-20-12-13-21-22(17-20)30-25(27)24(23(21)26)29-16-14-19(4)11-9-10-18(2)3/h6-7,10,12-14,17,26H,5,8-9,11,15-16H2,1-4H3/b7-6?,19-14+. The highest BCUT2D eigenvalue weighted by molar-refractivity contribution is 5.86. The van der Waals surface area contributed by atoms with Gasteiger partial charge < -0.3 is 19.0 Å². The summed E-state index contributed by atoms with van der Waals surface area (Å²) in [7, 11) is 0. The number of rotatable bonds is 11. The van der Waals surface area contributed by atoms with Gasteiger partial charge in [-0.1, -0.05) is 36.3 Å². The molecule has 0 spiro atoms. The molecular weight excluding hydrogens is 380 g/mol. The van der Waals surface area contributed by atoms with Crippen LogP contribution in [0.4, 0.5) is 0 Å². The van der Waals surface area contributed by atoms with Gasteiger partial charge in [-0.05, 0) is 64.7 Å². The quantitative estimate of drug-likeness (QED) is 0.266. The highest BCUT2D eigenvalue weighted by atomic mass is 16.5. The van der Waals surface area contributed by atoms with Gasteiger partial charge in [0.15, 0.2) is 5.75 Å². The van der Waals surface area contributed by atoms with E-state index in [0.717, 1.165) is 31.3 Å². The van der Waals surface area contributed by atoms with Crippen molar-refractivity contribution in [2.24, 2.45) is 0 Å². The molecule has 0 aliphatic carbocycles. The van der Waals surface area contributed by atoms with E-state index in [2.05, 4.69) is 39.0 Å². The van der Waals surface area contributed by atoms with Gasteiger partial charge in [-0.25, -0.2) is 4.79 Å². The number of benzene rings is 1. The Labute approximate surface area is 178 Å². The van der Waals surface area contributed by atoms with Crippen molar-refractivity contribution in [1.29, 1.82) is 0 Å². The van der Waals surface area contributed by atoms with Gasteiger partial charge >= 0.3 is 5.63 Å². The van der Waals surface area contributed by atoms with E-state index in [1.165, 1.54) is 5.57 Å². The van der Waals surface area contributed by atoms with Gasteiger partial charge in [0.05, 0.1) is 12.0 Å². The van der Waals surface area contributed by atoms with Crippen molar-refractivity contribution in [1.82, 2.24) is 0 Å². The molecule has 0 amide bonds. The van der Waals surface area contributed by atoms with Crippen LogP contribution in [0.5, 0.6) is 17.2 Å². The molecule has 1 aromatic heterocycles. The summed E-state index contributed by atoms with van der Waals surface area (Å²) in [6.07, 6.45) is 11.9. The summed E-state index contributed by atoms with van der Waals surface area (Å²) < 4.78 is 16.5. The van der Waals surface area contributed by atoms with E-state index < -0.39 is 5.63 Å². The molecule has 0 saturated heterocycles. The summed E-state index contributed by atoms with van der Waals surface area (Å²) in [5.41, 5.74) is 2.01. The minimum atomic E-state index is -0.710. The molecule has 0 atom stereocenters. The molecule has 5 nitrogen and oxygen atoms in total. The number of aromatic hydroxyl groups is 1. The van der Waals surface area contributed by atoms with E-state index in [1.807, 2.05) is 13.0 Å². The van der Waals surface area contributed by atoms with Crippen LogP contribution in [0.25, 0.3) is 11.0 Å². The highest BCUT2D eigenvalue weighted by Gasteiger charge is 2.15. The monoisotopic (exact) mass is 412 g/mol. The van der Waals surface area contributed by atoms with Crippen LogP contribution in [0.1, 0.15) is 53.4 Å². The number of hydrogen-bond acceptors (Lipinski definition) is 5. The number of hydrogen-bond donors (Lipinski definition) is 1. The Morgan fingerprint density at radius 3 is 2.63 bits per heavy atom. The molecule has 0 bridgehead atoms. The second-order valence-electron chi connectivity index (χ2n) is 7.42. The molecule has 5 heteroatoms. The molecule has 0 fully saturated rings. The second kappa shape index (κ2) is 11.9. The lowest BCUT2D eigenvalue weighted by atomic mass is 10.1. The fraction of sp³-hybridized carbons (Fsp3) is 0.400. The average Bonchev–Trinajstić information content (AvgIpc) is 2.70. The lowest BCUT2D eigenvalue weighted by molar-refractivity contribution is 0.315. The molecule has 0 saturated carbocycles. The van der Waals surface area contributed by atoms with Crippen molar-refractivity contribution in [3.63, 3.8) is 0 Å². The van der Waals surface area contributed by atoms with E-state index in [1.54, 1.807) is 18.2 Å². The molecule has 0 aliphatic rings. The topological polar surface area (TPSA) is 68.9 Å². The lowest BCUT2D eigenvalue weighted by Crippen LogP contribution is -2.08. The first-order valence-corrected chi connectivity index (χ1v) is 10.4. The predicted octanol–water partition coefficient (Wildman–Crippen LogP) is 6.31. The Morgan fingerprint density at radius 2 is 1.90 bits per heavy atom. The van der Waals surface area contributed by atoms with Gasteiger partial charge in [-0.3, -0.25) is 0 Å². The number of allylic oxidation sites excluding steroid dienone is 4. The molecule has 2 aromatic rings. The Kier molecular flexibility index (Phi) is 9.26. The van der Waals surface area contributed by atoms with E-state index in [-0.39, 0.29) is 23.7 Å². The summed E-state index contributed by atoms with van der Waals surface area (Å²) in [5.74, 6) is 0.196. The molecule has 2 rings (SSSR count). The van der Waals surface area contributed by atoms with Crippen molar-refractivity contribution in [3.05, 3.63) is 64.1 Å². The van der Waals surface area contributed by atoms with Crippen LogP contribution < -0.4 is 15.1 Å². The van der Waals surface area contributed by atoms with Crippen molar-refractivity contribution < 1.29 is 19.0 Å². The smallest absolute Gasteiger partial charge is 0.383 e. The van der Waals surface area contributed by atoms with E-state index in [4.69, 9.17) is 13.9 Å². The minimum absolute atomic E-state index is 0.172. The second-order valence-corrected chi connectivity index (χ2v) is 7.42. The van der Waals surface area contributed by atoms with Gasteiger partial charge in [0.2, 0.25) is 5.75 Å². The fourth-order valence-electron chi connectivity index (χ4n) is 2.85. The Balaban J connectivity index is 2.06. The zero-order valence-electron chi connectivity index (χ0n) is 18.4. The molecule has 30 heavy (non-hydrogen) atoms. The van der Waals surface area contributed by atoms with Crippen LogP contribution in [0.15, 0.2) is 62.9 Å². The van der Waals surface area contributed by atoms with Gasteiger partial charge in [-0.15, -0.1) is 0 Å². The van der Waals surface area contributed by atoms with Crippen molar-refractivity contribution in [2.45, 2.75) is 53.4 Å². The summed E-state index contributed by atoms with van der Waals surface area (Å²) in [4.78, 5) is 12.3. The first kappa shape index (κ1) is 23.3. The van der Waals surface area contributed by atoms with Crippen LogP contribution in [0, 0.1) is 0 Å². The van der Waals surface area contributed by atoms with E-state index >= 15 is 0 Å². The molecule has 1 aromatic carbocycles. The summed E-state index contributed by atoms with van der Waals surface area (Å²) in [6, 6.07) is 5.01. The average molecular weight is 413 g/mol. The normalized spacial score (nSPS) is 11.8. The minimum Gasteiger partial charge on any atom is -0.504 e. The van der Waals surface area contributed by atoms with Gasteiger partial charge in [0.25, 0.3) is 0 Å². The molecule has 0 aliphatic heterocycles. The Bertz CT molecular complexity index is 975. The highest BCUT2D eigenvalue weighted by Crippen LogP contribution is 2.33. The fourth-order valence-corrected chi connectivity index (χ4v) is 2.85. The summed E-state index contributed by atoms with van der Waals surface area (Å²) >= 11 is 0. The molecule has 0 unspecified atom stereocenters. The maximum absolute atomic E-state index is 12.3. The van der Waals surface area contributed by atoms with E-state index in [0.29, 0.717) is 17.7 Å². The first-order chi connectivity index (χ1) is 14.4. The van der Waals surface area contributed by atoms with Crippen molar-refractivity contribution in [2.75, 3.05) is 13.2 Å². The van der Waals surface area contributed by atoms with Crippen molar-refractivity contribution in [3.8, 4) is 17.2 Å². The van der Waals surface area contributed by atoms with Crippen molar-refractivity contribution >= 4 is 11.0 Å². The third kappa shape index (κ3) is 7.14. The molecular formula is C25H32O5. The Morgan fingerprint density at radius 1 is 1.10 bits per heavy atom. The van der Waals surface area contributed by atoms with Crippen LogP contribution in [0.2, 0.25) is 0 Å². The van der Waals surface area contributed by atoms with Crippen LogP contribution in [-0.2, 0) is 0 Å². The maximum atomic E-state index is 12.3. The summed E-state index contributed by atoms with van der Waals surface area (Å²) in [6.45, 7) is 8.96. The van der Waals surface area contributed by atoms with Crippen LogP contribution >= 0.6 is 0 Å². The number of ether oxygens (including phenoxy) is 2. The summed E-state index contributed by atoms with van der Waals surface area (Å²) in [5, 5.41) is 10.9. The third-order valence-corrected chi connectivity index (χ3v) is 4.52. The predicted molar refractivity (Wildman–Crippen MR) is 122 cm³/mol. The maximum Gasteiger partial charge on any atom is 0.383 e. The lowest BCUT2D eigenvalue weighted by Gasteiger charge is -2.09. The SMILES string of the molecule is CCC=CCCOc1ccc2c(O)c(OC/C=C(\C)CCC=C(C)C)c(=O)oc2c1. The van der Waals surface area contributed by atoms with Gasteiger partial charge in [0, 0.05) is 6.07 Å². The zero-order chi connectivity index (χ0) is 21.9.